The number of nitrogens with zero attached hydrogens (tertiary/aromatic N) is 4. The Kier molecular flexibility index (Phi) is 5.38. The van der Waals surface area contributed by atoms with E-state index in [0.717, 1.165) is 62.2 Å². The first-order valence-electron chi connectivity index (χ1n) is 15.8. The van der Waals surface area contributed by atoms with Crippen LogP contribution >= 0.6 is 0 Å². The van der Waals surface area contributed by atoms with Crippen LogP contribution in [0.3, 0.4) is 0 Å². The van der Waals surface area contributed by atoms with Crippen molar-refractivity contribution in [2.75, 3.05) is 7.11 Å². The zero-order valence-electron chi connectivity index (χ0n) is 26.3. The number of aliphatic carboxylic acids is 1. The van der Waals surface area contributed by atoms with Gasteiger partial charge >= 0.3 is 17.8 Å². The van der Waals surface area contributed by atoms with E-state index in [0.29, 0.717) is 6.42 Å². The summed E-state index contributed by atoms with van der Waals surface area (Å²) in [5.74, 6) is -1.66. The number of carbonyl (C=O) groups excluding carboxylic acids is 2. The number of Topliss-reactive ketones (excluding diaryl/α,β-unsaturated/α-hetero) is 1. The van der Waals surface area contributed by atoms with E-state index < -0.39 is 11.9 Å². The number of ketones is 1. The molecule has 226 valence electrons. The van der Waals surface area contributed by atoms with Crippen LogP contribution in [0.5, 0.6) is 0 Å². The van der Waals surface area contributed by atoms with Crippen molar-refractivity contribution in [1.29, 1.82) is 0 Å². The van der Waals surface area contributed by atoms with E-state index >= 15 is 0 Å². The molecule has 0 unspecified atom stereocenters. The SMILES string of the molecule is CC[C@H]1C2=[N+]3C(=Cc4c(C(C)=O)c(C)c5n4[C@]34n3c(cc(C)c3=C2)=C(CC(=O)OC)C2=[N+]4C(=C5)[C@@H](C)[C@@H]2CCC(=O)O)[C@@H]1C. The molecule has 0 saturated carbocycles. The minimum atomic E-state index is -0.917. The Labute approximate surface area is 255 Å². The second-order valence-corrected chi connectivity index (χ2v) is 13.3. The summed E-state index contributed by atoms with van der Waals surface area (Å²) in [6, 6.07) is 2.19. The van der Waals surface area contributed by atoms with Crippen molar-refractivity contribution in [2.45, 2.75) is 73.1 Å². The Balaban J connectivity index is 1.62. The van der Waals surface area contributed by atoms with Gasteiger partial charge in [0, 0.05) is 30.2 Å². The van der Waals surface area contributed by atoms with Gasteiger partial charge in [0.25, 0.3) is 0 Å². The minimum absolute atomic E-state index is 0.0153. The molecule has 0 saturated heterocycles. The minimum Gasteiger partial charge on any atom is -0.481 e. The van der Waals surface area contributed by atoms with Crippen molar-refractivity contribution in [3.05, 3.63) is 56.2 Å². The van der Waals surface area contributed by atoms with Crippen molar-refractivity contribution < 1.29 is 33.4 Å². The highest BCUT2D eigenvalue weighted by molar-refractivity contribution is 6.21. The van der Waals surface area contributed by atoms with Crippen molar-refractivity contribution in [3.63, 3.8) is 0 Å². The Bertz CT molecular complexity index is 2060. The molecular weight excluding hydrogens is 556 g/mol. The van der Waals surface area contributed by atoms with E-state index in [1.165, 1.54) is 18.5 Å². The molecule has 1 spiro atoms. The summed E-state index contributed by atoms with van der Waals surface area (Å²) in [5, 5.41) is 11.8. The summed E-state index contributed by atoms with van der Waals surface area (Å²) < 4.78 is 14.9. The Morgan fingerprint density at radius 2 is 1.68 bits per heavy atom. The van der Waals surface area contributed by atoms with Crippen LogP contribution in [0.25, 0.3) is 23.8 Å². The number of hydrogen-bond acceptors (Lipinski definition) is 4. The topological polar surface area (TPSA) is 96.5 Å². The Morgan fingerprint density at radius 3 is 2.34 bits per heavy atom. The lowest BCUT2D eigenvalue weighted by Gasteiger charge is -2.39. The molecule has 9 heteroatoms. The van der Waals surface area contributed by atoms with E-state index in [9.17, 15) is 19.5 Å². The third kappa shape index (κ3) is 2.89. The molecule has 0 aromatic carbocycles. The molecule has 0 aliphatic carbocycles. The number of rotatable bonds is 7. The summed E-state index contributed by atoms with van der Waals surface area (Å²) in [6.07, 6.45) is 8.33. The first-order valence-corrected chi connectivity index (χ1v) is 15.8. The molecule has 0 bridgehead atoms. The van der Waals surface area contributed by atoms with E-state index in [1.54, 1.807) is 6.92 Å². The molecule has 5 atom stereocenters. The molecule has 44 heavy (non-hydrogen) atoms. The Hall–Kier alpha value is -4.27. The number of carbonyl (C=O) groups is 3. The van der Waals surface area contributed by atoms with Crippen LogP contribution in [-0.2, 0) is 20.2 Å². The third-order valence-corrected chi connectivity index (χ3v) is 11.3. The fraction of sp³-hybridized carbons (Fsp3) is 0.457. The van der Waals surface area contributed by atoms with Crippen molar-refractivity contribution in [1.82, 2.24) is 9.13 Å². The van der Waals surface area contributed by atoms with Gasteiger partial charge in [0.1, 0.15) is 0 Å². The molecule has 6 aliphatic rings. The van der Waals surface area contributed by atoms with Gasteiger partial charge in [-0.15, -0.1) is 0 Å². The van der Waals surface area contributed by atoms with Crippen LogP contribution in [0.15, 0.2) is 17.5 Å². The number of aryl methyl sites for hydroxylation is 1. The quantitative estimate of drug-likeness (QED) is 0.302. The number of ether oxygens (including phenoxy) is 1. The molecule has 2 aromatic rings. The van der Waals surface area contributed by atoms with E-state index in [2.05, 4.69) is 77.2 Å². The predicted molar refractivity (Wildman–Crippen MR) is 164 cm³/mol. The van der Waals surface area contributed by atoms with Crippen molar-refractivity contribution >= 4 is 52.9 Å². The fourth-order valence-electron chi connectivity index (χ4n) is 9.49. The largest absolute Gasteiger partial charge is 0.552 e. The number of esters is 1. The second-order valence-electron chi connectivity index (χ2n) is 13.3. The maximum absolute atomic E-state index is 13.4. The van der Waals surface area contributed by atoms with Crippen molar-refractivity contribution in [3.8, 4) is 0 Å². The number of carboxylic acid groups (broad SMARTS) is 1. The number of hydrogen-bond donors (Lipinski definition) is 1. The molecule has 8 heterocycles. The van der Waals surface area contributed by atoms with E-state index in [4.69, 9.17) is 4.74 Å². The third-order valence-electron chi connectivity index (χ3n) is 11.3. The molecule has 6 aliphatic heterocycles. The van der Waals surface area contributed by atoms with Crippen LogP contribution in [0.2, 0.25) is 0 Å². The van der Waals surface area contributed by atoms with E-state index in [-0.39, 0.29) is 48.3 Å². The lowest BCUT2D eigenvalue weighted by molar-refractivity contribution is -0.837. The summed E-state index contributed by atoms with van der Waals surface area (Å²) in [5.41, 5.74) is 10.2. The number of allylic oxidation sites excluding steroid dienone is 2. The maximum atomic E-state index is 13.4. The average molecular weight is 595 g/mol. The highest BCUT2D eigenvalue weighted by Gasteiger charge is 2.75. The molecule has 2 aromatic heterocycles. The highest BCUT2D eigenvalue weighted by Crippen LogP contribution is 2.54. The van der Waals surface area contributed by atoms with Gasteiger partial charge in [-0.1, -0.05) is 29.9 Å². The van der Waals surface area contributed by atoms with Gasteiger partial charge in [-0.25, -0.2) is 0 Å². The number of aromatic nitrogens is 2. The summed E-state index contributed by atoms with van der Waals surface area (Å²) in [6.45, 7) is 12.6. The van der Waals surface area contributed by atoms with Crippen molar-refractivity contribution in [2.24, 2.45) is 23.7 Å². The molecule has 0 radical (unpaired) electrons. The Morgan fingerprint density at radius 1 is 1.00 bits per heavy atom. The standard InChI is InChI=1S/C35H37N4O5/c1-8-21-17(3)25-15-30-33(20(6)40)19(5)27-14-26-18(4)22(9-10-31(41)42)34-23(12-32(43)44-7)28-11-16(2)24-13-29(21)37(25)35(36(24)28,38(27)30)39(26)34/h11,13-15,17-18,21-22H,8-10,12H2,1-7H3/q+1/p+1/t17-,18+,21-,22+,35+/m1/s1. The van der Waals surface area contributed by atoms with Crippen LogP contribution < -0.4 is 10.7 Å². The second kappa shape index (κ2) is 8.67. The van der Waals surface area contributed by atoms with Gasteiger partial charge in [-0.3, -0.25) is 14.4 Å². The van der Waals surface area contributed by atoms with E-state index in [1.807, 2.05) is 0 Å². The summed E-state index contributed by atoms with van der Waals surface area (Å²) >= 11 is 0. The summed E-state index contributed by atoms with van der Waals surface area (Å²) in [4.78, 5) is 38.4. The van der Waals surface area contributed by atoms with Gasteiger partial charge in [-0.2, -0.15) is 9.13 Å². The fourth-order valence-corrected chi connectivity index (χ4v) is 9.49. The van der Waals surface area contributed by atoms with Gasteiger partial charge in [0.05, 0.1) is 64.9 Å². The molecule has 0 fully saturated rings. The first kappa shape index (κ1) is 27.3. The normalized spacial score (nSPS) is 28.0. The molecule has 1 N–H and O–H groups in total. The predicted octanol–water partition coefficient (Wildman–Crippen LogP) is 3.17. The van der Waals surface area contributed by atoms with Gasteiger partial charge in [0.15, 0.2) is 22.9 Å². The molecule has 0 amide bonds. The van der Waals surface area contributed by atoms with Crippen LogP contribution in [0.1, 0.15) is 86.3 Å². The molecule has 8 rings (SSSR count). The van der Waals surface area contributed by atoms with Gasteiger partial charge in [-0.05, 0) is 50.8 Å². The van der Waals surface area contributed by atoms with Gasteiger partial charge in [0.2, 0.25) is 5.71 Å². The highest BCUT2D eigenvalue weighted by atomic mass is 16.5. The monoisotopic (exact) mass is 594 g/mol. The zero-order chi connectivity index (χ0) is 31.1. The van der Waals surface area contributed by atoms with Crippen LogP contribution in [-0.4, -0.2) is 59.6 Å². The average Bonchev–Trinajstić information content (AvgIpc) is 3.65. The molecule has 9 nitrogen and oxygen atoms in total. The van der Waals surface area contributed by atoms with Crippen LogP contribution in [0, 0.1) is 37.5 Å². The molecular formula is C35H38N4O5+2. The lowest BCUT2D eigenvalue weighted by atomic mass is 9.83. The zero-order valence-corrected chi connectivity index (χ0v) is 26.3. The lowest BCUT2D eigenvalue weighted by Crippen LogP contribution is -2.70. The first-order chi connectivity index (χ1) is 21.0. The van der Waals surface area contributed by atoms with Gasteiger partial charge < -0.3 is 9.84 Å². The number of carboxylic acids is 1. The maximum Gasteiger partial charge on any atom is 0.552 e. The smallest absolute Gasteiger partial charge is 0.481 e. The number of methoxy groups -OCH3 is 1. The van der Waals surface area contributed by atoms with Crippen LogP contribution in [0.4, 0.5) is 0 Å². The summed E-state index contributed by atoms with van der Waals surface area (Å²) in [7, 11) is 1.41.